The molecule has 3 aromatic rings. The van der Waals surface area contributed by atoms with Crippen LogP contribution in [0.2, 0.25) is 0 Å². The highest BCUT2D eigenvalue weighted by atomic mass is 32.2. The standard InChI is InChI=1S/C20H15NOS/c22-19-17-7-3-4-8-18(17)20(21(19)11-12-23-20)16-10-9-14-5-1-2-6-15(14)13-16/h1-10,13H,11-12H2. The quantitative estimate of drug-likeness (QED) is 0.669. The Kier molecular flexibility index (Phi) is 2.65. The highest BCUT2D eigenvalue weighted by Gasteiger charge is 2.54. The lowest BCUT2D eigenvalue weighted by molar-refractivity contribution is 0.0753. The average molecular weight is 317 g/mol. The molecule has 0 N–H and O–H groups in total. The first-order valence-corrected chi connectivity index (χ1v) is 8.84. The zero-order chi connectivity index (χ0) is 15.4. The monoisotopic (exact) mass is 317 g/mol. The number of nitrogens with zero attached hydrogens (tertiary/aromatic N) is 1. The molecule has 0 spiro atoms. The summed E-state index contributed by atoms with van der Waals surface area (Å²) in [4.78, 5) is 14.5. The van der Waals surface area contributed by atoms with Gasteiger partial charge >= 0.3 is 0 Å². The van der Waals surface area contributed by atoms with Gasteiger partial charge in [-0.3, -0.25) is 4.79 Å². The number of thioether (sulfide) groups is 1. The Hall–Kier alpha value is -2.26. The molecule has 2 aliphatic rings. The van der Waals surface area contributed by atoms with E-state index < -0.39 is 0 Å². The van der Waals surface area contributed by atoms with Crippen LogP contribution >= 0.6 is 11.8 Å². The van der Waals surface area contributed by atoms with Crippen molar-refractivity contribution in [3.63, 3.8) is 0 Å². The largest absolute Gasteiger partial charge is 0.315 e. The molecule has 0 aromatic heterocycles. The maximum atomic E-state index is 12.8. The van der Waals surface area contributed by atoms with Crippen molar-refractivity contribution in [1.82, 2.24) is 4.90 Å². The van der Waals surface area contributed by atoms with Crippen molar-refractivity contribution in [1.29, 1.82) is 0 Å². The van der Waals surface area contributed by atoms with Gasteiger partial charge in [-0.1, -0.05) is 54.6 Å². The Morgan fingerprint density at radius 3 is 2.61 bits per heavy atom. The third-order valence-corrected chi connectivity index (χ3v) is 6.39. The van der Waals surface area contributed by atoms with E-state index in [-0.39, 0.29) is 10.8 Å². The molecule has 1 amide bonds. The molecule has 1 unspecified atom stereocenters. The molecule has 3 heteroatoms. The van der Waals surface area contributed by atoms with Crippen LogP contribution in [0.4, 0.5) is 0 Å². The van der Waals surface area contributed by atoms with Crippen molar-refractivity contribution in [2.45, 2.75) is 4.87 Å². The first-order valence-electron chi connectivity index (χ1n) is 7.85. The van der Waals surface area contributed by atoms with E-state index in [9.17, 15) is 4.79 Å². The average Bonchev–Trinajstić information content (AvgIpc) is 3.15. The Morgan fingerprint density at radius 2 is 1.70 bits per heavy atom. The molecule has 112 valence electrons. The number of rotatable bonds is 1. The molecule has 3 aromatic carbocycles. The number of benzene rings is 3. The molecule has 5 rings (SSSR count). The van der Waals surface area contributed by atoms with Crippen LogP contribution in [0.5, 0.6) is 0 Å². The molecule has 1 atom stereocenters. The van der Waals surface area contributed by atoms with E-state index in [1.54, 1.807) is 0 Å². The van der Waals surface area contributed by atoms with Crippen molar-refractivity contribution >= 4 is 28.4 Å². The second kappa shape index (κ2) is 4.62. The first kappa shape index (κ1) is 13.2. The highest BCUT2D eigenvalue weighted by Crippen LogP contribution is 2.55. The molecule has 23 heavy (non-hydrogen) atoms. The van der Waals surface area contributed by atoms with Crippen molar-refractivity contribution in [2.24, 2.45) is 0 Å². The van der Waals surface area contributed by atoms with Gasteiger partial charge < -0.3 is 4.90 Å². The van der Waals surface area contributed by atoms with Crippen molar-refractivity contribution < 1.29 is 4.79 Å². The van der Waals surface area contributed by atoms with Crippen LogP contribution < -0.4 is 0 Å². The van der Waals surface area contributed by atoms with E-state index in [0.29, 0.717) is 0 Å². The number of hydrogen-bond donors (Lipinski definition) is 0. The van der Waals surface area contributed by atoms with E-state index >= 15 is 0 Å². The summed E-state index contributed by atoms with van der Waals surface area (Å²) in [5, 5.41) is 2.46. The Labute approximate surface area is 139 Å². The number of amides is 1. The van der Waals surface area contributed by atoms with Gasteiger partial charge in [0, 0.05) is 23.4 Å². The maximum Gasteiger partial charge on any atom is 0.255 e. The summed E-state index contributed by atoms with van der Waals surface area (Å²) in [5.74, 6) is 1.14. The van der Waals surface area contributed by atoms with Crippen LogP contribution in [-0.4, -0.2) is 23.1 Å². The van der Waals surface area contributed by atoms with E-state index in [4.69, 9.17) is 0 Å². The molecule has 2 heterocycles. The highest BCUT2D eigenvalue weighted by molar-refractivity contribution is 8.00. The van der Waals surface area contributed by atoms with Gasteiger partial charge in [-0.2, -0.15) is 0 Å². The summed E-state index contributed by atoms with van der Waals surface area (Å²) in [6, 6.07) is 23.1. The van der Waals surface area contributed by atoms with Crippen LogP contribution in [0.15, 0.2) is 66.7 Å². The summed E-state index contributed by atoms with van der Waals surface area (Å²) < 4.78 is 0. The van der Waals surface area contributed by atoms with E-state index in [0.717, 1.165) is 23.4 Å². The lowest BCUT2D eigenvalue weighted by Crippen LogP contribution is -2.37. The minimum atomic E-state index is -0.349. The van der Waals surface area contributed by atoms with Crippen molar-refractivity contribution in [3.05, 3.63) is 83.4 Å². The smallest absolute Gasteiger partial charge is 0.255 e. The topological polar surface area (TPSA) is 20.3 Å². The molecule has 0 radical (unpaired) electrons. The molecule has 2 aliphatic heterocycles. The van der Waals surface area contributed by atoms with Crippen molar-refractivity contribution in [2.75, 3.05) is 12.3 Å². The van der Waals surface area contributed by atoms with Gasteiger partial charge in [0.25, 0.3) is 5.91 Å². The molecule has 1 fully saturated rings. The van der Waals surface area contributed by atoms with Crippen LogP contribution in [0.25, 0.3) is 10.8 Å². The minimum Gasteiger partial charge on any atom is -0.315 e. The third kappa shape index (κ3) is 1.63. The van der Waals surface area contributed by atoms with Gasteiger partial charge in [0.15, 0.2) is 0 Å². The summed E-state index contributed by atoms with van der Waals surface area (Å²) in [6.07, 6.45) is 0. The van der Waals surface area contributed by atoms with Gasteiger partial charge in [0.1, 0.15) is 4.87 Å². The predicted octanol–water partition coefficient (Wildman–Crippen LogP) is 4.24. The van der Waals surface area contributed by atoms with Crippen LogP contribution in [0.1, 0.15) is 21.5 Å². The number of hydrogen-bond acceptors (Lipinski definition) is 2. The molecule has 0 aliphatic carbocycles. The second-order valence-electron chi connectivity index (χ2n) is 6.06. The third-order valence-electron chi connectivity index (χ3n) is 4.91. The fourth-order valence-electron chi connectivity index (χ4n) is 3.89. The fraction of sp³-hybridized carbons (Fsp3) is 0.150. The van der Waals surface area contributed by atoms with E-state index in [2.05, 4.69) is 48.5 Å². The second-order valence-corrected chi connectivity index (χ2v) is 7.34. The van der Waals surface area contributed by atoms with Crippen LogP contribution in [-0.2, 0) is 4.87 Å². The number of fused-ring (bicyclic) bond motifs is 4. The van der Waals surface area contributed by atoms with Crippen LogP contribution in [0, 0.1) is 0 Å². The van der Waals surface area contributed by atoms with Gasteiger partial charge in [-0.15, -0.1) is 11.8 Å². The zero-order valence-corrected chi connectivity index (χ0v) is 13.3. The lowest BCUT2D eigenvalue weighted by Gasteiger charge is -2.32. The Balaban J connectivity index is 1.80. The van der Waals surface area contributed by atoms with Gasteiger partial charge in [-0.25, -0.2) is 0 Å². The van der Waals surface area contributed by atoms with Gasteiger partial charge in [0.2, 0.25) is 0 Å². The Bertz CT molecular complexity index is 951. The first-order chi connectivity index (χ1) is 11.3. The number of carbonyl (C=O) groups is 1. The molecule has 2 nitrogen and oxygen atoms in total. The maximum absolute atomic E-state index is 12.8. The van der Waals surface area contributed by atoms with E-state index in [1.807, 2.05) is 34.9 Å². The summed E-state index contributed by atoms with van der Waals surface area (Å²) >= 11 is 1.87. The van der Waals surface area contributed by atoms with Gasteiger partial charge in [-0.05, 0) is 28.5 Å². The summed E-state index contributed by atoms with van der Waals surface area (Å²) in [5.41, 5.74) is 3.20. The minimum absolute atomic E-state index is 0.166. The summed E-state index contributed by atoms with van der Waals surface area (Å²) in [7, 11) is 0. The zero-order valence-electron chi connectivity index (χ0n) is 12.5. The summed E-state index contributed by atoms with van der Waals surface area (Å²) in [6.45, 7) is 0.811. The normalized spacial score (nSPS) is 22.4. The fourth-order valence-corrected chi connectivity index (χ4v) is 5.42. The molecule has 0 bridgehead atoms. The van der Waals surface area contributed by atoms with Crippen molar-refractivity contribution in [3.8, 4) is 0 Å². The lowest BCUT2D eigenvalue weighted by atomic mass is 9.95. The SMILES string of the molecule is O=C1c2ccccc2C2(c3ccc4ccccc4c3)SCCN12. The Morgan fingerprint density at radius 1 is 0.913 bits per heavy atom. The molecular weight excluding hydrogens is 302 g/mol. The van der Waals surface area contributed by atoms with E-state index in [1.165, 1.54) is 16.3 Å². The predicted molar refractivity (Wildman–Crippen MR) is 94.7 cm³/mol. The number of carbonyl (C=O) groups excluding carboxylic acids is 1. The van der Waals surface area contributed by atoms with Gasteiger partial charge in [0.05, 0.1) is 0 Å². The molecule has 0 saturated carbocycles. The van der Waals surface area contributed by atoms with Crippen LogP contribution in [0.3, 0.4) is 0 Å². The molecular formula is C20H15NOS. The molecule has 1 saturated heterocycles.